The van der Waals surface area contributed by atoms with E-state index >= 15 is 0 Å². The van der Waals surface area contributed by atoms with E-state index in [0.29, 0.717) is 11.3 Å². The lowest BCUT2D eigenvalue weighted by molar-refractivity contribution is 0.101. The van der Waals surface area contributed by atoms with Crippen molar-refractivity contribution < 1.29 is 4.79 Å². The Kier molecular flexibility index (Phi) is 2.64. The summed E-state index contributed by atoms with van der Waals surface area (Å²) in [6, 6.07) is 3.87. The molecule has 0 atom stereocenters. The molecule has 2 aromatic heterocycles. The maximum Gasteiger partial charge on any atom is 0.162 e. The number of fused-ring (bicyclic) bond motifs is 1. The summed E-state index contributed by atoms with van der Waals surface area (Å²) in [5, 5.41) is 3.70. The van der Waals surface area contributed by atoms with E-state index in [4.69, 9.17) is 5.73 Å². The minimum Gasteiger partial charge on any atom is -0.397 e. The molecule has 0 fully saturated rings. The number of thiazole rings is 1. The van der Waals surface area contributed by atoms with Gasteiger partial charge in [0.2, 0.25) is 0 Å². The fraction of sp³-hybridized carbons (Fsp3) is 0.143. The summed E-state index contributed by atoms with van der Waals surface area (Å²) >= 11 is 1.55. The van der Waals surface area contributed by atoms with Gasteiger partial charge in [-0.2, -0.15) is 0 Å². The molecule has 0 aliphatic carbocycles. The zero-order chi connectivity index (χ0) is 13.6. The van der Waals surface area contributed by atoms with Gasteiger partial charge in [0.1, 0.15) is 5.01 Å². The molecular weight excluding hydrogens is 258 g/mol. The van der Waals surface area contributed by atoms with Crippen molar-refractivity contribution in [3.05, 3.63) is 35.0 Å². The normalized spacial score (nSPS) is 11.1. The standard InChI is InChI=1S/C14H13N3OS/c1-7-12(8(2)18)10-5-9(14-16-3-4-19-14)6-11(15)13(10)17-7/h3-6,17H,15H2,1-2H3. The molecule has 3 N–H and O–H groups in total. The lowest BCUT2D eigenvalue weighted by Gasteiger charge is -2.02. The van der Waals surface area contributed by atoms with E-state index < -0.39 is 0 Å². The zero-order valence-corrected chi connectivity index (χ0v) is 11.5. The van der Waals surface area contributed by atoms with E-state index in [1.807, 2.05) is 24.4 Å². The van der Waals surface area contributed by atoms with Crippen LogP contribution in [0.1, 0.15) is 23.0 Å². The van der Waals surface area contributed by atoms with Gasteiger partial charge in [-0.1, -0.05) is 0 Å². The van der Waals surface area contributed by atoms with Crippen LogP contribution in [0.25, 0.3) is 21.5 Å². The number of carbonyl (C=O) groups excluding carboxylic acids is 1. The van der Waals surface area contributed by atoms with Gasteiger partial charge in [-0.05, 0) is 26.0 Å². The zero-order valence-electron chi connectivity index (χ0n) is 10.7. The molecule has 0 unspecified atom stereocenters. The van der Waals surface area contributed by atoms with Crippen molar-refractivity contribution in [3.63, 3.8) is 0 Å². The summed E-state index contributed by atoms with van der Waals surface area (Å²) in [7, 11) is 0. The van der Waals surface area contributed by atoms with Gasteiger partial charge >= 0.3 is 0 Å². The molecule has 0 spiro atoms. The first kappa shape index (κ1) is 11.9. The molecule has 0 saturated carbocycles. The number of benzene rings is 1. The van der Waals surface area contributed by atoms with Crippen LogP contribution in [0, 0.1) is 6.92 Å². The van der Waals surface area contributed by atoms with E-state index in [0.717, 1.165) is 27.2 Å². The van der Waals surface area contributed by atoms with Crippen molar-refractivity contribution in [3.8, 4) is 10.6 Å². The van der Waals surface area contributed by atoms with Crippen molar-refractivity contribution in [2.75, 3.05) is 5.73 Å². The summed E-state index contributed by atoms with van der Waals surface area (Å²) in [5.74, 6) is 0.0411. The van der Waals surface area contributed by atoms with Crippen LogP contribution in [-0.4, -0.2) is 15.8 Å². The van der Waals surface area contributed by atoms with Crippen LogP contribution in [0.4, 0.5) is 5.69 Å². The van der Waals surface area contributed by atoms with Crippen LogP contribution in [0.15, 0.2) is 23.7 Å². The van der Waals surface area contributed by atoms with Gasteiger partial charge in [0.25, 0.3) is 0 Å². The van der Waals surface area contributed by atoms with Gasteiger partial charge in [0, 0.05) is 33.8 Å². The average molecular weight is 271 g/mol. The number of H-pyrrole nitrogens is 1. The molecule has 0 amide bonds. The average Bonchev–Trinajstić information content (AvgIpc) is 2.95. The lowest BCUT2D eigenvalue weighted by atomic mass is 10.0. The predicted octanol–water partition coefficient (Wildman–Crippen LogP) is 3.38. The van der Waals surface area contributed by atoms with Crippen molar-refractivity contribution in [1.29, 1.82) is 0 Å². The SMILES string of the molecule is CC(=O)c1c(C)[nH]c2c(N)cc(-c3nccs3)cc12. The topological polar surface area (TPSA) is 71.8 Å². The van der Waals surface area contributed by atoms with Crippen molar-refractivity contribution in [1.82, 2.24) is 9.97 Å². The van der Waals surface area contributed by atoms with Crippen molar-refractivity contribution >= 4 is 33.7 Å². The number of hydrogen-bond donors (Lipinski definition) is 2. The molecule has 0 aliphatic heterocycles. The first-order valence-corrected chi connectivity index (χ1v) is 6.78. The number of hydrogen-bond acceptors (Lipinski definition) is 4. The number of ketones is 1. The Hall–Kier alpha value is -2.14. The maximum atomic E-state index is 11.8. The van der Waals surface area contributed by atoms with Crippen molar-refractivity contribution in [2.24, 2.45) is 0 Å². The largest absolute Gasteiger partial charge is 0.397 e. The highest BCUT2D eigenvalue weighted by molar-refractivity contribution is 7.13. The highest BCUT2D eigenvalue weighted by Gasteiger charge is 2.16. The number of carbonyl (C=O) groups is 1. The second kappa shape index (κ2) is 4.20. The van der Waals surface area contributed by atoms with Gasteiger partial charge < -0.3 is 10.7 Å². The van der Waals surface area contributed by atoms with Gasteiger partial charge in [-0.3, -0.25) is 4.79 Å². The minimum atomic E-state index is 0.0411. The first-order valence-electron chi connectivity index (χ1n) is 5.90. The van der Waals surface area contributed by atoms with Crippen molar-refractivity contribution in [2.45, 2.75) is 13.8 Å². The molecule has 0 radical (unpaired) electrons. The van der Waals surface area contributed by atoms with E-state index in [1.54, 1.807) is 24.5 Å². The molecular formula is C14H13N3OS. The Morgan fingerprint density at radius 1 is 1.42 bits per heavy atom. The van der Waals surface area contributed by atoms with Crippen LogP contribution in [-0.2, 0) is 0 Å². The molecule has 0 saturated heterocycles. The summed E-state index contributed by atoms with van der Waals surface area (Å²) in [4.78, 5) is 19.2. The van der Waals surface area contributed by atoms with Crippen LogP contribution in [0.3, 0.4) is 0 Å². The second-order valence-electron chi connectivity index (χ2n) is 4.51. The lowest BCUT2D eigenvalue weighted by Crippen LogP contribution is -1.93. The van der Waals surface area contributed by atoms with Crippen LogP contribution >= 0.6 is 11.3 Å². The molecule has 2 heterocycles. The fourth-order valence-electron chi connectivity index (χ4n) is 2.40. The fourth-order valence-corrected chi connectivity index (χ4v) is 3.02. The third-order valence-corrected chi connectivity index (χ3v) is 3.98. The molecule has 0 bridgehead atoms. The molecule has 4 nitrogen and oxygen atoms in total. The van der Waals surface area contributed by atoms with Gasteiger partial charge in [-0.25, -0.2) is 4.98 Å². The third-order valence-electron chi connectivity index (χ3n) is 3.16. The van der Waals surface area contributed by atoms with Crippen LogP contribution < -0.4 is 5.73 Å². The Bertz CT molecular complexity index is 772. The highest BCUT2D eigenvalue weighted by atomic mass is 32.1. The van der Waals surface area contributed by atoms with E-state index in [-0.39, 0.29) is 5.78 Å². The number of rotatable bonds is 2. The highest BCUT2D eigenvalue weighted by Crippen LogP contribution is 2.33. The smallest absolute Gasteiger partial charge is 0.162 e. The molecule has 3 rings (SSSR count). The predicted molar refractivity (Wildman–Crippen MR) is 78.6 cm³/mol. The number of aryl methyl sites for hydroxylation is 1. The Balaban J connectivity index is 2.35. The number of aromatic amines is 1. The molecule has 96 valence electrons. The quantitative estimate of drug-likeness (QED) is 0.554. The number of nitrogen functional groups attached to an aromatic ring is 1. The van der Waals surface area contributed by atoms with Crippen LogP contribution in [0.2, 0.25) is 0 Å². The number of nitrogens with zero attached hydrogens (tertiary/aromatic N) is 1. The number of nitrogens with one attached hydrogen (secondary N) is 1. The summed E-state index contributed by atoms with van der Waals surface area (Å²) in [5.41, 5.74) is 10.0. The molecule has 5 heteroatoms. The molecule has 19 heavy (non-hydrogen) atoms. The number of nitrogens with two attached hydrogens (primary N) is 1. The second-order valence-corrected chi connectivity index (χ2v) is 5.40. The minimum absolute atomic E-state index is 0.0411. The van der Waals surface area contributed by atoms with E-state index in [2.05, 4.69) is 9.97 Å². The van der Waals surface area contributed by atoms with Gasteiger partial charge in [0.15, 0.2) is 5.78 Å². The maximum absolute atomic E-state index is 11.8. The summed E-state index contributed by atoms with van der Waals surface area (Å²) < 4.78 is 0. The Morgan fingerprint density at radius 2 is 2.21 bits per heavy atom. The third kappa shape index (κ3) is 1.82. The summed E-state index contributed by atoms with van der Waals surface area (Å²) in [6.45, 7) is 3.46. The Morgan fingerprint density at radius 3 is 2.84 bits per heavy atom. The number of Topliss-reactive ketones (excluding diaryl/α,β-unsaturated/α-hetero) is 1. The van der Waals surface area contributed by atoms with E-state index in [9.17, 15) is 4.79 Å². The van der Waals surface area contributed by atoms with Gasteiger partial charge in [0.05, 0.1) is 11.2 Å². The molecule has 0 aliphatic rings. The first-order chi connectivity index (χ1) is 9.08. The molecule has 3 aromatic rings. The summed E-state index contributed by atoms with van der Waals surface area (Å²) in [6.07, 6.45) is 1.76. The van der Waals surface area contributed by atoms with E-state index in [1.165, 1.54) is 0 Å². The Labute approximate surface area is 114 Å². The molecule has 1 aromatic carbocycles. The van der Waals surface area contributed by atoms with Gasteiger partial charge in [-0.15, -0.1) is 11.3 Å². The number of anilines is 1. The monoisotopic (exact) mass is 271 g/mol. The van der Waals surface area contributed by atoms with Crippen LogP contribution in [0.5, 0.6) is 0 Å². The number of aromatic nitrogens is 2.